The van der Waals surface area contributed by atoms with Gasteiger partial charge in [-0.15, -0.1) is 0 Å². The third-order valence-corrected chi connectivity index (χ3v) is 6.11. The Bertz CT molecular complexity index is 1390. The van der Waals surface area contributed by atoms with Crippen molar-refractivity contribution in [3.05, 3.63) is 82.2 Å². The molecule has 1 spiro atoms. The van der Waals surface area contributed by atoms with Crippen molar-refractivity contribution in [1.29, 1.82) is 0 Å². The van der Waals surface area contributed by atoms with Crippen LogP contribution >= 0.6 is 0 Å². The van der Waals surface area contributed by atoms with Gasteiger partial charge in [-0.05, 0) is 30.7 Å². The molecule has 0 saturated heterocycles. The minimum Gasteiger partial charge on any atom is -0.313 e. The van der Waals surface area contributed by atoms with Crippen LogP contribution in [0.1, 0.15) is 23.9 Å². The van der Waals surface area contributed by atoms with Crippen LogP contribution in [0.5, 0.6) is 0 Å². The molecule has 4 aromatic rings. The predicted octanol–water partition coefficient (Wildman–Crippen LogP) is 2.32. The lowest BCUT2D eigenvalue weighted by molar-refractivity contribution is -0.122. The highest BCUT2D eigenvalue weighted by atomic mass is 16.2. The van der Waals surface area contributed by atoms with Gasteiger partial charge in [0, 0.05) is 18.7 Å². The van der Waals surface area contributed by atoms with E-state index in [9.17, 15) is 9.59 Å². The maximum absolute atomic E-state index is 13.8. The van der Waals surface area contributed by atoms with Gasteiger partial charge < -0.3 is 9.88 Å². The average molecular weight is 383 g/mol. The van der Waals surface area contributed by atoms with Crippen molar-refractivity contribution in [2.24, 2.45) is 0 Å². The molecule has 0 radical (unpaired) electrons. The Kier molecular flexibility index (Phi) is 3.03. The Labute approximate surface area is 165 Å². The number of nitrogens with one attached hydrogen (secondary N) is 1. The monoisotopic (exact) mass is 383 g/mol. The smallest absolute Gasteiger partial charge is 0.257 e. The number of imidazole rings is 1. The first-order valence-corrected chi connectivity index (χ1v) is 9.63. The number of likely N-dealkylation sites (N-methyl/N-ethyl adjacent to an activating group) is 1. The summed E-state index contributed by atoms with van der Waals surface area (Å²) in [6, 6.07) is 15.5. The topological polar surface area (TPSA) is 83.9 Å². The molecule has 0 saturated carbocycles. The van der Waals surface area contributed by atoms with E-state index in [0.29, 0.717) is 24.3 Å². The van der Waals surface area contributed by atoms with E-state index in [-0.39, 0.29) is 11.5 Å². The molecule has 2 aliphatic rings. The molecule has 2 aromatic carbocycles. The van der Waals surface area contributed by atoms with Crippen LogP contribution in [0.15, 0.2) is 59.7 Å². The molecular formula is C22H17N5O2. The quantitative estimate of drug-likeness (QED) is 0.547. The number of para-hydroxylation sites is 3. The van der Waals surface area contributed by atoms with E-state index in [0.717, 1.165) is 28.1 Å². The predicted molar refractivity (Wildman–Crippen MR) is 108 cm³/mol. The van der Waals surface area contributed by atoms with Gasteiger partial charge in [-0.2, -0.15) is 0 Å². The number of benzene rings is 2. The molecule has 6 rings (SSSR count). The van der Waals surface area contributed by atoms with Crippen LogP contribution in [0.2, 0.25) is 0 Å². The summed E-state index contributed by atoms with van der Waals surface area (Å²) in [5.74, 6) is 1.11. The highest BCUT2D eigenvalue weighted by Gasteiger charge is 2.57. The van der Waals surface area contributed by atoms with Gasteiger partial charge in [-0.3, -0.25) is 14.2 Å². The Morgan fingerprint density at radius 2 is 1.90 bits per heavy atom. The first-order chi connectivity index (χ1) is 14.2. The number of anilines is 1. The lowest BCUT2D eigenvalue weighted by Gasteiger charge is -2.33. The first-order valence-electron chi connectivity index (χ1n) is 9.63. The number of hydrogen-bond acceptors (Lipinski definition) is 4. The highest BCUT2D eigenvalue weighted by Crippen LogP contribution is 2.50. The number of rotatable bonds is 1. The van der Waals surface area contributed by atoms with Crippen molar-refractivity contribution in [1.82, 2.24) is 19.5 Å². The Morgan fingerprint density at radius 1 is 1.10 bits per heavy atom. The van der Waals surface area contributed by atoms with Gasteiger partial charge in [0.05, 0.1) is 22.9 Å². The van der Waals surface area contributed by atoms with Crippen molar-refractivity contribution in [2.75, 3.05) is 11.4 Å². The van der Waals surface area contributed by atoms with E-state index in [2.05, 4.69) is 9.97 Å². The molecule has 1 N–H and O–H groups in total. The van der Waals surface area contributed by atoms with Crippen LogP contribution in [-0.4, -0.2) is 32.0 Å². The highest BCUT2D eigenvalue weighted by molar-refractivity contribution is 6.11. The number of nitrogens with zero attached hydrogens (tertiary/aromatic N) is 4. The first kappa shape index (κ1) is 16.2. The number of carbonyl (C=O) groups is 1. The second-order valence-corrected chi connectivity index (χ2v) is 7.43. The fourth-order valence-corrected chi connectivity index (χ4v) is 4.95. The molecule has 1 amide bonds. The second-order valence-electron chi connectivity index (χ2n) is 7.43. The van der Waals surface area contributed by atoms with E-state index in [4.69, 9.17) is 4.98 Å². The third kappa shape index (κ3) is 1.82. The van der Waals surface area contributed by atoms with Gasteiger partial charge >= 0.3 is 0 Å². The number of aromatic nitrogens is 4. The molecule has 7 heteroatoms. The van der Waals surface area contributed by atoms with Crippen LogP contribution in [0.25, 0.3) is 16.9 Å². The van der Waals surface area contributed by atoms with Gasteiger partial charge in [0.2, 0.25) is 5.91 Å². The van der Waals surface area contributed by atoms with Crippen LogP contribution < -0.4 is 10.5 Å². The molecule has 1 unspecified atom stereocenters. The summed E-state index contributed by atoms with van der Waals surface area (Å²) < 4.78 is 1.91. The van der Waals surface area contributed by atoms with Gasteiger partial charge in [-0.25, -0.2) is 9.97 Å². The fraction of sp³-hybridized carbons (Fsp3) is 0.182. The summed E-state index contributed by atoms with van der Waals surface area (Å²) in [5.41, 5.74) is 2.36. The lowest BCUT2D eigenvalue weighted by atomic mass is 9.71. The molecule has 2 aliphatic heterocycles. The Balaban J connectivity index is 1.77. The lowest BCUT2D eigenvalue weighted by Crippen LogP contribution is -2.49. The summed E-state index contributed by atoms with van der Waals surface area (Å²) >= 11 is 0. The normalized spacial score (nSPS) is 19.5. The SMILES string of the molecule is CCN1C(=O)C2(Cc3nc4ccccc4n3-c3nc[nH]c(=O)c32)c2ccccc21. The zero-order valence-corrected chi connectivity index (χ0v) is 15.7. The number of carbonyl (C=O) groups excluding carboxylic acids is 1. The van der Waals surface area contributed by atoms with E-state index in [1.54, 1.807) is 4.90 Å². The molecule has 29 heavy (non-hydrogen) atoms. The summed E-state index contributed by atoms with van der Waals surface area (Å²) in [5, 5.41) is 0. The molecule has 4 heterocycles. The number of amides is 1. The van der Waals surface area contributed by atoms with Gasteiger partial charge in [0.15, 0.2) is 5.82 Å². The van der Waals surface area contributed by atoms with Crippen molar-refractivity contribution >= 4 is 22.6 Å². The van der Waals surface area contributed by atoms with Crippen molar-refractivity contribution in [3.63, 3.8) is 0 Å². The number of aromatic amines is 1. The Morgan fingerprint density at radius 3 is 2.76 bits per heavy atom. The molecule has 142 valence electrons. The van der Waals surface area contributed by atoms with E-state index >= 15 is 0 Å². The molecule has 0 fully saturated rings. The average Bonchev–Trinajstić information content (AvgIpc) is 3.22. The minimum atomic E-state index is -1.12. The second kappa shape index (κ2) is 5.41. The molecule has 0 aliphatic carbocycles. The number of hydrogen-bond donors (Lipinski definition) is 1. The molecule has 2 aromatic heterocycles. The zero-order chi connectivity index (χ0) is 19.8. The third-order valence-electron chi connectivity index (χ3n) is 6.11. The van der Waals surface area contributed by atoms with Crippen molar-refractivity contribution in [2.45, 2.75) is 18.8 Å². The number of fused-ring (bicyclic) bond motifs is 8. The van der Waals surface area contributed by atoms with Crippen molar-refractivity contribution in [3.8, 4) is 5.82 Å². The van der Waals surface area contributed by atoms with Crippen LogP contribution in [-0.2, 0) is 16.6 Å². The van der Waals surface area contributed by atoms with E-state index < -0.39 is 5.41 Å². The van der Waals surface area contributed by atoms with Gasteiger partial charge in [-0.1, -0.05) is 30.3 Å². The summed E-state index contributed by atoms with van der Waals surface area (Å²) in [7, 11) is 0. The molecule has 0 bridgehead atoms. The van der Waals surface area contributed by atoms with Crippen LogP contribution in [0.3, 0.4) is 0 Å². The number of H-pyrrole nitrogens is 1. The zero-order valence-electron chi connectivity index (χ0n) is 15.7. The molecule has 7 nitrogen and oxygen atoms in total. The summed E-state index contributed by atoms with van der Waals surface area (Å²) in [6.07, 6.45) is 1.71. The van der Waals surface area contributed by atoms with E-state index in [1.165, 1.54) is 6.33 Å². The van der Waals surface area contributed by atoms with Crippen LogP contribution in [0, 0.1) is 0 Å². The fourth-order valence-electron chi connectivity index (χ4n) is 4.95. The molecule has 1 atom stereocenters. The van der Waals surface area contributed by atoms with Gasteiger partial charge in [0.1, 0.15) is 11.2 Å². The molecular weight excluding hydrogens is 366 g/mol. The standard InChI is InChI=1S/C22H17N5O2/c1-2-26-15-9-5-3-7-13(15)22(21(26)29)11-17-25-14-8-4-6-10-16(14)27(17)19-18(22)20(28)24-12-23-19/h3-10,12H,2,11H2,1H3,(H,23,24,28). The minimum absolute atomic E-state index is 0.0979. The summed E-state index contributed by atoms with van der Waals surface area (Å²) in [6.45, 7) is 2.47. The van der Waals surface area contributed by atoms with Gasteiger partial charge in [0.25, 0.3) is 5.56 Å². The maximum atomic E-state index is 13.8. The maximum Gasteiger partial charge on any atom is 0.257 e. The summed E-state index contributed by atoms with van der Waals surface area (Å²) in [4.78, 5) is 40.7. The Hall–Kier alpha value is -3.74. The van der Waals surface area contributed by atoms with Crippen LogP contribution in [0.4, 0.5) is 5.69 Å². The largest absolute Gasteiger partial charge is 0.313 e. The van der Waals surface area contributed by atoms with Crippen molar-refractivity contribution < 1.29 is 4.79 Å². The van der Waals surface area contributed by atoms with E-state index in [1.807, 2.05) is 60.0 Å².